The van der Waals surface area contributed by atoms with Crippen LogP contribution in [0.3, 0.4) is 0 Å². The van der Waals surface area contributed by atoms with E-state index in [0.29, 0.717) is 19.4 Å². The van der Waals surface area contributed by atoms with E-state index in [9.17, 15) is 19.8 Å². The maximum atomic E-state index is 12.5. The summed E-state index contributed by atoms with van der Waals surface area (Å²) in [5.41, 5.74) is 0. The van der Waals surface area contributed by atoms with Gasteiger partial charge in [0.25, 0.3) is 0 Å². The summed E-state index contributed by atoms with van der Waals surface area (Å²) < 4.78 is 5.47. The number of hydrogen-bond donors (Lipinski definition) is 3. The van der Waals surface area contributed by atoms with Crippen molar-refractivity contribution in [2.45, 2.75) is 392 Å². The van der Waals surface area contributed by atoms with E-state index < -0.39 is 12.1 Å². The highest BCUT2D eigenvalue weighted by Crippen LogP contribution is 2.18. The van der Waals surface area contributed by atoms with Crippen LogP contribution in [-0.2, 0) is 14.3 Å². The van der Waals surface area contributed by atoms with E-state index in [2.05, 4.69) is 55.6 Å². The summed E-state index contributed by atoms with van der Waals surface area (Å²) in [5.74, 6) is -0.0611. The van der Waals surface area contributed by atoms with Gasteiger partial charge in [-0.25, -0.2) is 0 Å². The second-order valence-corrected chi connectivity index (χ2v) is 24.2. The van der Waals surface area contributed by atoms with Gasteiger partial charge in [0.1, 0.15) is 0 Å². The molecule has 0 heterocycles. The number of hydrogen-bond acceptors (Lipinski definition) is 5. The molecule has 1 amide bonds. The first-order chi connectivity index (χ1) is 39.0. The molecule has 2 unspecified atom stereocenters. The predicted octanol–water partition coefficient (Wildman–Crippen LogP) is 22.9. The average Bonchev–Trinajstić information content (AvgIpc) is 3.45. The van der Waals surface area contributed by atoms with E-state index in [1.54, 1.807) is 6.08 Å². The molecule has 2 atom stereocenters. The summed E-state index contributed by atoms with van der Waals surface area (Å²) in [6.45, 7) is 4.91. The zero-order valence-electron chi connectivity index (χ0n) is 53.1. The number of carbonyl (C=O) groups is 2. The number of esters is 1. The number of rotatable bonds is 66. The zero-order chi connectivity index (χ0) is 57.1. The number of aliphatic hydroxyl groups is 2. The van der Waals surface area contributed by atoms with Crippen molar-refractivity contribution in [2.24, 2.45) is 0 Å². The zero-order valence-corrected chi connectivity index (χ0v) is 53.1. The van der Waals surface area contributed by atoms with Crippen LogP contribution in [0.15, 0.2) is 48.6 Å². The Hall–Kier alpha value is -2.18. The van der Waals surface area contributed by atoms with Gasteiger partial charge in [-0.1, -0.05) is 326 Å². The lowest BCUT2D eigenvalue weighted by Gasteiger charge is -2.20. The Kier molecular flexibility index (Phi) is 66.4. The molecule has 0 bridgehead atoms. The van der Waals surface area contributed by atoms with Gasteiger partial charge in [0.2, 0.25) is 5.91 Å². The minimum atomic E-state index is -0.845. The smallest absolute Gasteiger partial charge is 0.305 e. The number of allylic oxidation sites excluding steroid dienone is 7. The SMILES string of the molecule is CCCCCC/C=C\CCCCCCCC(=O)OCCCCCCCCCCC/C=C\C/C=C\CCCCCCCCCCCCCCCCCC(=O)NC(CO)C(O)/C=C/CCCCCCCCCCCCCCCCCC. The van der Waals surface area contributed by atoms with Crippen LogP contribution in [0, 0.1) is 0 Å². The molecule has 0 aromatic heterocycles. The maximum absolute atomic E-state index is 12.5. The van der Waals surface area contributed by atoms with Gasteiger partial charge in [-0.15, -0.1) is 0 Å². The predicted molar refractivity (Wildman–Crippen MR) is 347 cm³/mol. The topological polar surface area (TPSA) is 95.9 Å². The van der Waals surface area contributed by atoms with Gasteiger partial charge in [0, 0.05) is 12.8 Å². The molecule has 0 aliphatic carbocycles. The molecular formula is C73H137NO5. The Morgan fingerprint density at radius 3 is 0.987 bits per heavy atom. The van der Waals surface area contributed by atoms with Crippen LogP contribution in [0.1, 0.15) is 380 Å². The van der Waals surface area contributed by atoms with E-state index >= 15 is 0 Å². The average molecular weight is 1110 g/mol. The third-order valence-corrected chi connectivity index (χ3v) is 16.3. The van der Waals surface area contributed by atoms with Crippen LogP contribution in [0.4, 0.5) is 0 Å². The first-order valence-electron chi connectivity index (χ1n) is 35.4. The lowest BCUT2D eigenvalue weighted by Crippen LogP contribution is -2.45. The minimum Gasteiger partial charge on any atom is -0.466 e. The molecule has 0 saturated carbocycles. The van der Waals surface area contributed by atoms with Crippen LogP contribution in [0.25, 0.3) is 0 Å². The van der Waals surface area contributed by atoms with Crippen LogP contribution >= 0.6 is 0 Å². The second kappa shape index (κ2) is 68.3. The number of aliphatic hydroxyl groups excluding tert-OH is 2. The van der Waals surface area contributed by atoms with Gasteiger partial charge >= 0.3 is 5.97 Å². The lowest BCUT2D eigenvalue weighted by molar-refractivity contribution is -0.143. The third-order valence-electron chi connectivity index (χ3n) is 16.3. The molecule has 0 saturated heterocycles. The quantitative estimate of drug-likeness (QED) is 0.0320. The maximum Gasteiger partial charge on any atom is 0.305 e. The van der Waals surface area contributed by atoms with Crippen LogP contribution in [-0.4, -0.2) is 47.4 Å². The van der Waals surface area contributed by atoms with Crippen molar-refractivity contribution in [1.29, 1.82) is 0 Å². The highest BCUT2D eigenvalue weighted by atomic mass is 16.5. The van der Waals surface area contributed by atoms with Gasteiger partial charge in [0.15, 0.2) is 0 Å². The number of ether oxygens (including phenoxy) is 1. The van der Waals surface area contributed by atoms with Crippen LogP contribution < -0.4 is 5.32 Å². The van der Waals surface area contributed by atoms with Gasteiger partial charge < -0.3 is 20.3 Å². The first-order valence-corrected chi connectivity index (χ1v) is 35.4. The third kappa shape index (κ3) is 64.8. The summed E-state index contributed by atoms with van der Waals surface area (Å²) in [6.07, 6.45) is 89.0. The van der Waals surface area contributed by atoms with Gasteiger partial charge in [-0.05, 0) is 89.9 Å². The lowest BCUT2D eigenvalue weighted by atomic mass is 10.0. The number of carbonyl (C=O) groups excluding carboxylic acids is 2. The van der Waals surface area contributed by atoms with Crippen molar-refractivity contribution >= 4 is 11.9 Å². The Labute approximate surface area is 493 Å². The van der Waals surface area contributed by atoms with Gasteiger partial charge in [-0.2, -0.15) is 0 Å². The van der Waals surface area contributed by atoms with E-state index in [0.717, 1.165) is 51.4 Å². The highest BCUT2D eigenvalue weighted by molar-refractivity contribution is 5.76. The number of nitrogens with one attached hydrogen (secondary N) is 1. The largest absolute Gasteiger partial charge is 0.466 e. The summed E-state index contributed by atoms with van der Waals surface area (Å²) in [4.78, 5) is 24.5. The fourth-order valence-corrected chi connectivity index (χ4v) is 10.9. The molecule has 464 valence electrons. The van der Waals surface area contributed by atoms with E-state index in [4.69, 9.17) is 4.74 Å². The van der Waals surface area contributed by atoms with E-state index in [1.807, 2.05) is 6.08 Å². The summed E-state index contributed by atoms with van der Waals surface area (Å²) in [5, 5.41) is 23.2. The Morgan fingerprint density at radius 2 is 0.633 bits per heavy atom. The first kappa shape index (κ1) is 76.8. The van der Waals surface area contributed by atoms with E-state index in [1.165, 1.54) is 302 Å². The summed E-state index contributed by atoms with van der Waals surface area (Å²) in [6, 6.07) is -0.628. The Bertz CT molecular complexity index is 1320. The monoisotopic (exact) mass is 1110 g/mol. The molecule has 0 fully saturated rings. The molecule has 0 radical (unpaired) electrons. The fourth-order valence-electron chi connectivity index (χ4n) is 10.9. The molecule has 0 spiro atoms. The highest BCUT2D eigenvalue weighted by Gasteiger charge is 2.18. The fraction of sp³-hybridized carbons (Fsp3) is 0.863. The van der Waals surface area contributed by atoms with Crippen molar-refractivity contribution < 1.29 is 24.5 Å². The van der Waals surface area contributed by atoms with Crippen molar-refractivity contribution in [2.75, 3.05) is 13.2 Å². The number of unbranched alkanes of at least 4 members (excludes halogenated alkanes) is 49. The molecule has 0 rings (SSSR count). The summed E-state index contributed by atoms with van der Waals surface area (Å²) >= 11 is 0. The van der Waals surface area contributed by atoms with Crippen LogP contribution in [0.5, 0.6) is 0 Å². The molecule has 0 aliphatic rings. The molecule has 0 aliphatic heterocycles. The van der Waals surface area contributed by atoms with Crippen LogP contribution in [0.2, 0.25) is 0 Å². The molecule has 6 heteroatoms. The Balaban J connectivity index is 3.42. The van der Waals surface area contributed by atoms with Crippen molar-refractivity contribution in [3.05, 3.63) is 48.6 Å². The van der Waals surface area contributed by atoms with E-state index in [-0.39, 0.29) is 18.5 Å². The Morgan fingerprint density at radius 1 is 0.354 bits per heavy atom. The van der Waals surface area contributed by atoms with Crippen molar-refractivity contribution in [3.8, 4) is 0 Å². The minimum absolute atomic E-state index is 0.00365. The molecule has 6 nitrogen and oxygen atoms in total. The van der Waals surface area contributed by atoms with Gasteiger partial charge in [-0.3, -0.25) is 9.59 Å². The van der Waals surface area contributed by atoms with Crippen molar-refractivity contribution in [1.82, 2.24) is 5.32 Å². The molecular weight excluding hydrogens is 971 g/mol. The summed E-state index contributed by atoms with van der Waals surface area (Å²) in [7, 11) is 0. The molecule has 3 N–H and O–H groups in total. The number of amides is 1. The molecule has 79 heavy (non-hydrogen) atoms. The second-order valence-electron chi connectivity index (χ2n) is 24.2. The van der Waals surface area contributed by atoms with Gasteiger partial charge in [0.05, 0.1) is 25.4 Å². The standard InChI is InChI=1S/C73H137NO5/c1-3-5-7-9-11-13-15-17-18-19-35-38-42-45-49-53-57-61-65-71(76)70(69-75)74-72(77)66-62-58-54-50-46-43-39-36-33-31-29-27-25-23-21-20-22-24-26-28-30-32-34-37-40-44-48-52-56-60-64-68-79-73(78)67-63-59-55-51-47-41-16-14-12-10-8-6-4-2/h14,16,22,24,28,30,61,65,70-71,75-76H,3-13,15,17-21,23,25-27,29,31-60,62-64,66-69H2,1-2H3,(H,74,77)/b16-14-,24-22-,30-28-,65-61+. The molecule has 0 aromatic rings. The molecule has 0 aromatic carbocycles. The van der Waals surface area contributed by atoms with Crippen molar-refractivity contribution in [3.63, 3.8) is 0 Å². The normalized spacial score (nSPS) is 12.8.